The molecule has 0 aliphatic carbocycles. The molecular formula is C17H21ClN4O2. The topological polar surface area (TPSA) is 67.8 Å². The molecular weight excluding hydrogens is 328 g/mol. The number of nitrogens with one attached hydrogen (secondary N) is 2. The Bertz CT molecular complexity index is 689. The predicted octanol–water partition coefficient (Wildman–Crippen LogP) is 2.98. The summed E-state index contributed by atoms with van der Waals surface area (Å²) in [6, 6.07) is 9.34. The monoisotopic (exact) mass is 348 g/mol. The summed E-state index contributed by atoms with van der Waals surface area (Å²) in [5.74, 6) is 2.01. The van der Waals surface area contributed by atoms with Crippen LogP contribution in [0, 0.1) is 0 Å². The number of hydrogen-bond donors (Lipinski definition) is 2. The second-order valence-electron chi connectivity index (χ2n) is 4.93. The largest absolute Gasteiger partial charge is 0.493 e. The van der Waals surface area contributed by atoms with Gasteiger partial charge in [0.1, 0.15) is 5.15 Å². The van der Waals surface area contributed by atoms with E-state index in [2.05, 4.69) is 20.6 Å². The van der Waals surface area contributed by atoms with Crippen LogP contribution < -0.4 is 20.1 Å². The maximum absolute atomic E-state index is 5.78. The first-order valence-corrected chi connectivity index (χ1v) is 7.84. The Balaban J connectivity index is 1.91. The van der Waals surface area contributed by atoms with Crippen LogP contribution in [0.15, 0.2) is 41.5 Å². The third kappa shape index (κ3) is 5.03. The van der Waals surface area contributed by atoms with E-state index in [1.165, 1.54) is 0 Å². The molecule has 1 heterocycles. The van der Waals surface area contributed by atoms with Crippen LogP contribution in [0.1, 0.15) is 5.56 Å². The van der Waals surface area contributed by atoms with Crippen molar-refractivity contribution in [3.05, 3.63) is 47.2 Å². The van der Waals surface area contributed by atoms with Crippen LogP contribution >= 0.6 is 11.6 Å². The molecule has 0 unspecified atom stereocenters. The van der Waals surface area contributed by atoms with Gasteiger partial charge < -0.3 is 20.1 Å². The summed E-state index contributed by atoms with van der Waals surface area (Å²) in [5.41, 5.74) is 1.96. The van der Waals surface area contributed by atoms with E-state index in [4.69, 9.17) is 21.1 Å². The van der Waals surface area contributed by atoms with Crippen LogP contribution in [0.4, 0.5) is 5.69 Å². The van der Waals surface area contributed by atoms with Gasteiger partial charge in [-0.1, -0.05) is 17.7 Å². The minimum Gasteiger partial charge on any atom is -0.493 e. The van der Waals surface area contributed by atoms with E-state index >= 15 is 0 Å². The summed E-state index contributed by atoms with van der Waals surface area (Å²) in [4.78, 5) is 8.28. The number of anilines is 1. The van der Waals surface area contributed by atoms with Crippen molar-refractivity contribution in [3.8, 4) is 11.5 Å². The Hall–Kier alpha value is -2.47. The van der Waals surface area contributed by atoms with Crippen molar-refractivity contribution in [1.29, 1.82) is 0 Å². The molecule has 0 radical (unpaired) electrons. The molecule has 0 saturated carbocycles. The lowest BCUT2D eigenvalue weighted by molar-refractivity contribution is 0.355. The van der Waals surface area contributed by atoms with E-state index in [1.807, 2.05) is 24.3 Å². The zero-order valence-corrected chi connectivity index (χ0v) is 14.7. The zero-order valence-electron chi connectivity index (χ0n) is 14.0. The average Bonchev–Trinajstić information content (AvgIpc) is 2.62. The number of halogens is 1. The van der Waals surface area contributed by atoms with Crippen molar-refractivity contribution in [2.45, 2.75) is 6.42 Å². The molecule has 2 aromatic rings. The van der Waals surface area contributed by atoms with E-state index in [-0.39, 0.29) is 0 Å². The zero-order chi connectivity index (χ0) is 17.4. The highest BCUT2D eigenvalue weighted by molar-refractivity contribution is 6.29. The van der Waals surface area contributed by atoms with Gasteiger partial charge in [0.25, 0.3) is 0 Å². The first-order chi connectivity index (χ1) is 11.7. The normalized spacial score (nSPS) is 11.1. The Labute approximate surface area is 146 Å². The second-order valence-corrected chi connectivity index (χ2v) is 5.32. The first kappa shape index (κ1) is 17.9. The number of pyridine rings is 1. The number of nitrogens with zero attached hydrogens (tertiary/aromatic N) is 2. The van der Waals surface area contributed by atoms with Gasteiger partial charge in [0.05, 0.1) is 14.2 Å². The second kappa shape index (κ2) is 8.98. The molecule has 0 aliphatic rings. The van der Waals surface area contributed by atoms with Crippen molar-refractivity contribution >= 4 is 23.2 Å². The first-order valence-electron chi connectivity index (χ1n) is 7.46. The molecule has 24 heavy (non-hydrogen) atoms. The Kier molecular flexibility index (Phi) is 6.69. The van der Waals surface area contributed by atoms with Crippen LogP contribution in [-0.4, -0.2) is 38.8 Å². The minimum absolute atomic E-state index is 0.498. The van der Waals surface area contributed by atoms with Gasteiger partial charge in [0.15, 0.2) is 17.5 Å². The van der Waals surface area contributed by atoms with Gasteiger partial charge in [-0.2, -0.15) is 0 Å². The SMILES string of the molecule is CN=C(NCCc1ccc(Cl)nc1)Nc1ccc(OC)c(OC)c1. The standard InChI is InChI=1S/C17H21ClN4O2/c1-19-17(20-9-8-12-4-7-16(18)21-11-12)22-13-5-6-14(23-2)15(10-13)24-3/h4-7,10-11H,8-9H2,1-3H3,(H2,19,20,22). The molecule has 0 aliphatic heterocycles. The van der Waals surface area contributed by atoms with Crippen molar-refractivity contribution in [2.75, 3.05) is 33.1 Å². The highest BCUT2D eigenvalue weighted by atomic mass is 35.5. The number of ether oxygens (including phenoxy) is 2. The number of benzene rings is 1. The Morgan fingerprint density at radius 2 is 1.96 bits per heavy atom. The molecule has 1 aromatic carbocycles. The van der Waals surface area contributed by atoms with Crippen LogP contribution in [0.25, 0.3) is 0 Å². The van der Waals surface area contributed by atoms with Gasteiger partial charge in [-0.15, -0.1) is 0 Å². The summed E-state index contributed by atoms with van der Waals surface area (Å²) < 4.78 is 10.5. The minimum atomic E-state index is 0.498. The summed E-state index contributed by atoms with van der Waals surface area (Å²) >= 11 is 5.78. The fourth-order valence-electron chi connectivity index (χ4n) is 2.11. The van der Waals surface area contributed by atoms with E-state index < -0.39 is 0 Å². The molecule has 0 saturated heterocycles. The fraction of sp³-hybridized carbons (Fsp3) is 0.294. The van der Waals surface area contributed by atoms with Crippen LogP contribution in [0.3, 0.4) is 0 Å². The highest BCUT2D eigenvalue weighted by Gasteiger charge is 2.06. The third-order valence-corrected chi connectivity index (χ3v) is 3.59. The van der Waals surface area contributed by atoms with Crippen molar-refractivity contribution < 1.29 is 9.47 Å². The number of hydrogen-bond acceptors (Lipinski definition) is 4. The molecule has 0 spiro atoms. The molecule has 0 amide bonds. The molecule has 2 rings (SSSR count). The number of methoxy groups -OCH3 is 2. The van der Waals surface area contributed by atoms with Gasteiger partial charge in [-0.3, -0.25) is 4.99 Å². The van der Waals surface area contributed by atoms with Gasteiger partial charge in [-0.25, -0.2) is 4.98 Å². The molecule has 0 fully saturated rings. The quantitative estimate of drug-likeness (QED) is 0.477. The van der Waals surface area contributed by atoms with E-state index in [1.54, 1.807) is 33.5 Å². The van der Waals surface area contributed by atoms with Crippen LogP contribution in [-0.2, 0) is 6.42 Å². The summed E-state index contributed by atoms with van der Waals surface area (Å²) in [7, 11) is 4.94. The maximum atomic E-state index is 5.78. The Morgan fingerprint density at radius 1 is 1.17 bits per heavy atom. The predicted molar refractivity (Wildman–Crippen MR) is 97.5 cm³/mol. The van der Waals surface area contributed by atoms with Crippen LogP contribution in [0.5, 0.6) is 11.5 Å². The van der Waals surface area contributed by atoms with Gasteiger partial charge in [0, 0.05) is 31.5 Å². The summed E-state index contributed by atoms with van der Waals surface area (Å²) in [5, 5.41) is 6.97. The van der Waals surface area contributed by atoms with Crippen LogP contribution in [0.2, 0.25) is 5.15 Å². The van der Waals surface area contributed by atoms with Gasteiger partial charge in [-0.05, 0) is 30.2 Å². The van der Waals surface area contributed by atoms with E-state index in [0.717, 1.165) is 24.2 Å². The molecule has 7 heteroatoms. The highest BCUT2D eigenvalue weighted by Crippen LogP contribution is 2.29. The lowest BCUT2D eigenvalue weighted by atomic mass is 10.2. The molecule has 1 aromatic heterocycles. The molecule has 2 N–H and O–H groups in total. The number of rotatable bonds is 6. The molecule has 6 nitrogen and oxygen atoms in total. The smallest absolute Gasteiger partial charge is 0.195 e. The van der Waals surface area contributed by atoms with Crippen molar-refractivity contribution in [1.82, 2.24) is 10.3 Å². The third-order valence-electron chi connectivity index (χ3n) is 3.36. The fourth-order valence-corrected chi connectivity index (χ4v) is 2.22. The summed E-state index contributed by atoms with van der Waals surface area (Å²) in [6.07, 6.45) is 2.59. The lowest BCUT2D eigenvalue weighted by Crippen LogP contribution is -2.32. The number of guanidine groups is 1. The lowest BCUT2D eigenvalue weighted by Gasteiger charge is -2.14. The molecule has 0 bridgehead atoms. The van der Waals surface area contributed by atoms with Gasteiger partial charge >= 0.3 is 0 Å². The van der Waals surface area contributed by atoms with E-state index in [9.17, 15) is 0 Å². The van der Waals surface area contributed by atoms with Gasteiger partial charge in [0.2, 0.25) is 0 Å². The van der Waals surface area contributed by atoms with Crippen molar-refractivity contribution in [3.63, 3.8) is 0 Å². The number of aliphatic imine (C=N–C) groups is 1. The Morgan fingerprint density at radius 3 is 2.58 bits per heavy atom. The van der Waals surface area contributed by atoms with Crippen molar-refractivity contribution in [2.24, 2.45) is 4.99 Å². The van der Waals surface area contributed by atoms with E-state index in [0.29, 0.717) is 22.6 Å². The summed E-state index contributed by atoms with van der Waals surface area (Å²) in [6.45, 7) is 0.719. The average molecular weight is 349 g/mol. The maximum Gasteiger partial charge on any atom is 0.195 e. The molecule has 128 valence electrons. The molecule has 0 atom stereocenters. The number of aromatic nitrogens is 1.